The van der Waals surface area contributed by atoms with Crippen molar-refractivity contribution in [1.82, 2.24) is 4.90 Å². The van der Waals surface area contributed by atoms with Crippen molar-refractivity contribution in [3.8, 4) is 5.75 Å². The van der Waals surface area contributed by atoms with E-state index in [2.05, 4.69) is 0 Å². The van der Waals surface area contributed by atoms with Gasteiger partial charge in [0.2, 0.25) is 0 Å². The van der Waals surface area contributed by atoms with Gasteiger partial charge in [0, 0.05) is 18.5 Å². The summed E-state index contributed by atoms with van der Waals surface area (Å²) in [6.07, 6.45) is -0.799. The Bertz CT molecular complexity index is 487. The average Bonchev–Trinajstić information content (AvgIpc) is 2.70. The van der Waals surface area contributed by atoms with Crippen LogP contribution in [0.25, 0.3) is 0 Å². The standard InChI is InChI=1S/C12H13NO5/c14-8-3-1-2-7(4-8)11(16)13-6-9(15)5-10(13)12(17)18/h1-4,9-10,14-15H,5-6H2,(H,17,18)/t9?,10-/m0/s1. The molecular weight excluding hydrogens is 238 g/mol. The first-order valence-electron chi connectivity index (χ1n) is 5.50. The second-order valence-corrected chi connectivity index (χ2v) is 4.25. The van der Waals surface area contributed by atoms with Crippen molar-refractivity contribution < 1.29 is 24.9 Å². The van der Waals surface area contributed by atoms with Gasteiger partial charge in [0.15, 0.2) is 0 Å². The molecule has 1 aromatic carbocycles. The third-order valence-electron chi connectivity index (χ3n) is 2.92. The molecule has 0 radical (unpaired) electrons. The third-order valence-corrected chi connectivity index (χ3v) is 2.92. The quantitative estimate of drug-likeness (QED) is 0.690. The summed E-state index contributed by atoms with van der Waals surface area (Å²) < 4.78 is 0. The fourth-order valence-electron chi connectivity index (χ4n) is 2.08. The number of phenols is 1. The van der Waals surface area contributed by atoms with Gasteiger partial charge in [-0.15, -0.1) is 0 Å². The van der Waals surface area contributed by atoms with Crippen LogP contribution in [0.4, 0.5) is 0 Å². The van der Waals surface area contributed by atoms with Gasteiger partial charge in [0.25, 0.3) is 5.91 Å². The van der Waals surface area contributed by atoms with E-state index >= 15 is 0 Å². The number of nitrogens with zero attached hydrogens (tertiary/aromatic N) is 1. The Morgan fingerprint density at radius 1 is 1.33 bits per heavy atom. The molecule has 1 aliphatic heterocycles. The van der Waals surface area contributed by atoms with E-state index in [1.165, 1.54) is 24.3 Å². The van der Waals surface area contributed by atoms with Crippen LogP contribution < -0.4 is 0 Å². The van der Waals surface area contributed by atoms with Gasteiger partial charge < -0.3 is 20.2 Å². The number of aromatic hydroxyl groups is 1. The number of benzene rings is 1. The summed E-state index contributed by atoms with van der Waals surface area (Å²) >= 11 is 0. The molecule has 2 atom stereocenters. The van der Waals surface area contributed by atoms with Gasteiger partial charge in [-0.05, 0) is 18.2 Å². The van der Waals surface area contributed by atoms with Gasteiger partial charge in [-0.1, -0.05) is 6.07 Å². The Morgan fingerprint density at radius 2 is 2.06 bits per heavy atom. The van der Waals surface area contributed by atoms with Crippen molar-refractivity contribution in [1.29, 1.82) is 0 Å². The monoisotopic (exact) mass is 251 g/mol. The molecule has 1 saturated heterocycles. The van der Waals surface area contributed by atoms with Gasteiger partial charge in [0.1, 0.15) is 11.8 Å². The number of likely N-dealkylation sites (tertiary alicyclic amines) is 1. The molecule has 0 spiro atoms. The highest BCUT2D eigenvalue weighted by atomic mass is 16.4. The molecule has 0 aromatic heterocycles. The first kappa shape index (κ1) is 12.4. The van der Waals surface area contributed by atoms with Crippen LogP contribution in [0.5, 0.6) is 5.75 Å². The van der Waals surface area contributed by atoms with E-state index in [0.717, 1.165) is 4.90 Å². The van der Waals surface area contributed by atoms with E-state index in [4.69, 9.17) is 5.11 Å². The SMILES string of the molecule is O=C(O)[C@@H]1CC(O)CN1C(=O)c1cccc(O)c1. The van der Waals surface area contributed by atoms with Crippen LogP contribution in [0.1, 0.15) is 16.8 Å². The van der Waals surface area contributed by atoms with Crippen LogP contribution in [-0.4, -0.2) is 50.8 Å². The van der Waals surface area contributed by atoms with Crippen LogP contribution in [-0.2, 0) is 4.79 Å². The lowest BCUT2D eigenvalue weighted by Crippen LogP contribution is -2.40. The Hall–Kier alpha value is -2.08. The molecule has 1 aromatic rings. The molecule has 1 unspecified atom stereocenters. The zero-order chi connectivity index (χ0) is 13.3. The van der Waals surface area contributed by atoms with Gasteiger partial charge in [-0.25, -0.2) is 4.79 Å². The summed E-state index contributed by atoms with van der Waals surface area (Å²) in [6, 6.07) is 4.67. The Balaban J connectivity index is 2.25. The van der Waals surface area contributed by atoms with Crippen LogP contribution in [0.2, 0.25) is 0 Å². The summed E-state index contributed by atoms with van der Waals surface area (Å²) in [5.74, 6) is -1.71. The summed E-state index contributed by atoms with van der Waals surface area (Å²) in [7, 11) is 0. The molecule has 18 heavy (non-hydrogen) atoms. The number of amides is 1. The lowest BCUT2D eigenvalue weighted by atomic mass is 10.1. The first-order valence-corrected chi connectivity index (χ1v) is 5.50. The third kappa shape index (κ3) is 2.28. The second-order valence-electron chi connectivity index (χ2n) is 4.25. The van der Waals surface area contributed by atoms with E-state index in [1.54, 1.807) is 0 Å². The van der Waals surface area contributed by atoms with Crippen LogP contribution in [0.15, 0.2) is 24.3 Å². The number of hydrogen-bond donors (Lipinski definition) is 3. The number of aliphatic hydroxyl groups excluding tert-OH is 1. The van der Waals surface area contributed by atoms with E-state index in [1.807, 2.05) is 0 Å². The molecular formula is C12H13NO5. The molecule has 0 saturated carbocycles. The molecule has 1 heterocycles. The van der Waals surface area contributed by atoms with Crippen molar-refractivity contribution in [3.63, 3.8) is 0 Å². The zero-order valence-electron chi connectivity index (χ0n) is 9.48. The van der Waals surface area contributed by atoms with Crippen LogP contribution >= 0.6 is 0 Å². The van der Waals surface area contributed by atoms with Gasteiger partial charge in [-0.3, -0.25) is 4.79 Å². The van der Waals surface area contributed by atoms with E-state index < -0.39 is 24.0 Å². The molecule has 0 bridgehead atoms. The van der Waals surface area contributed by atoms with Crippen LogP contribution in [0.3, 0.4) is 0 Å². The first-order chi connectivity index (χ1) is 8.49. The van der Waals surface area contributed by atoms with Gasteiger partial charge >= 0.3 is 5.97 Å². The molecule has 1 amide bonds. The van der Waals surface area contributed by atoms with Crippen molar-refractivity contribution in [2.24, 2.45) is 0 Å². The molecule has 1 aliphatic rings. The number of aliphatic carboxylic acids is 1. The smallest absolute Gasteiger partial charge is 0.326 e. The highest BCUT2D eigenvalue weighted by Gasteiger charge is 2.39. The van der Waals surface area contributed by atoms with Crippen molar-refractivity contribution >= 4 is 11.9 Å². The number of carbonyl (C=O) groups is 2. The maximum Gasteiger partial charge on any atom is 0.326 e. The zero-order valence-corrected chi connectivity index (χ0v) is 9.48. The van der Waals surface area contributed by atoms with Crippen molar-refractivity contribution in [2.45, 2.75) is 18.6 Å². The number of aliphatic hydroxyl groups is 1. The van der Waals surface area contributed by atoms with Crippen molar-refractivity contribution in [2.75, 3.05) is 6.54 Å². The minimum absolute atomic E-state index is 0.00848. The summed E-state index contributed by atoms with van der Waals surface area (Å²) in [5, 5.41) is 27.8. The van der Waals surface area contributed by atoms with Gasteiger partial charge in [0.05, 0.1) is 6.10 Å². The Labute approximate surface area is 103 Å². The minimum atomic E-state index is -1.14. The molecule has 6 nitrogen and oxygen atoms in total. The fourth-order valence-corrected chi connectivity index (χ4v) is 2.08. The molecule has 0 aliphatic carbocycles. The highest BCUT2D eigenvalue weighted by Crippen LogP contribution is 2.22. The van der Waals surface area contributed by atoms with E-state index in [-0.39, 0.29) is 24.3 Å². The predicted molar refractivity (Wildman–Crippen MR) is 61.2 cm³/mol. The predicted octanol–water partition coefficient (Wildman–Crippen LogP) is 0.0522. The van der Waals surface area contributed by atoms with Crippen LogP contribution in [0, 0.1) is 0 Å². The largest absolute Gasteiger partial charge is 0.508 e. The maximum atomic E-state index is 12.1. The topological polar surface area (TPSA) is 98.1 Å². The molecule has 3 N–H and O–H groups in total. The number of β-amino-alcohol motifs (C(OH)–C–C–N with tert-alkyl or cyclic N) is 1. The number of carboxylic acid groups (broad SMARTS) is 1. The summed E-state index contributed by atoms with van der Waals surface area (Å²) in [5.41, 5.74) is 0.204. The lowest BCUT2D eigenvalue weighted by Gasteiger charge is -2.21. The minimum Gasteiger partial charge on any atom is -0.508 e. The maximum absolute atomic E-state index is 12.1. The summed E-state index contributed by atoms with van der Waals surface area (Å²) in [4.78, 5) is 24.2. The number of phenolic OH excluding ortho intramolecular Hbond substituents is 1. The van der Waals surface area contributed by atoms with E-state index in [0.29, 0.717) is 0 Å². The Kier molecular flexibility index (Phi) is 3.20. The molecule has 2 rings (SSSR count). The molecule has 96 valence electrons. The Morgan fingerprint density at radius 3 is 2.67 bits per heavy atom. The fraction of sp³-hybridized carbons (Fsp3) is 0.333. The number of carboxylic acids is 1. The number of rotatable bonds is 2. The molecule has 6 heteroatoms. The average molecular weight is 251 g/mol. The van der Waals surface area contributed by atoms with E-state index in [9.17, 15) is 19.8 Å². The van der Waals surface area contributed by atoms with Gasteiger partial charge in [-0.2, -0.15) is 0 Å². The normalized spacial score (nSPS) is 23.1. The van der Waals surface area contributed by atoms with Crippen molar-refractivity contribution in [3.05, 3.63) is 29.8 Å². The number of hydrogen-bond acceptors (Lipinski definition) is 4. The molecule has 1 fully saturated rings. The second kappa shape index (κ2) is 4.66. The summed E-state index contributed by atoms with van der Waals surface area (Å²) in [6.45, 7) is -0.00848. The number of carbonyl (C=O) groups excluding carboxylic acids is 1. The lowest BCUT2D eigenvalue weighted by molar-refractivity contribution is -0.141. The highest BCUT2D eigenvalue weighted by molar-refractivity contribution is 5.97.